The summed E-state index contributed by atoms with van der Waals surface area (Å²) in [4.78, 5) is 25.2. The molecule has 38 heavy (non-hydrogen) atoms. The number of rotatable bonds is 11. The number of benzene rings is 3. The molecule has 9 heteroatoms. The Balaban J connectivity index is 1.65. The minimum absolute atomic E-state index is 0.202. The van der Waals surface area contributed by atoms with Crippen LogP contribution in [-0.2, 0) is 11.4 Å². The lowest BCUT2D eigenvalue weighted by molar-refractivity contribution is -0.123. The zero-order chi connectivity index (χ0) is 27.5. The maximum absolute atomic E-state index is 13.1. The molecule has 0 aliphatic carbocycles. The number of amides is 2. The van der Waals surface area contributed by atoms with Crippen molar-refractivity contribution in [3.05, 3.63) is 94.8 Å². The maximum atomic E-state index is 13.1. The van der Waals surface area contributed by atoms with Gasteiger partial charge in [0.25, 0.3) is 11.8 Å². The number of hydrogen-bond donors (Lipinski definition) is 2. The molecule has 3 aromatic carbocycles. The zero-order valence-corrected chi connectivity index (χ0v) is 21.4. The molecule has 3 aromatic rings. The lowest BCUT2D eigenvalue weighted by Crippen LogP contribution is -2.48. The molecule has 8 nitrogen and oxygen atoms in total. The van der Waals surface area contributed by atoms with Crippen LogP contribution in [0, 0.1) is 23.1 Å². The van der Waals surface area contributed by atoms with Crippen LogP contribution in [0.15, 0.2) is 71.8 Å². The molecular weight excluding hydrogens is 487 g/mol. The minimum Gasteiger partial charge on any atom is -0.490 e. The summed E-state index contributed by atoms with van der Waals surface area (Å²) in [5.41, 5.74) is 4.65. The highest BCUT2D eigenvalue weighted by atomic mass is 19.1. The van der Waals surface area contributed by atoms with Crippen LogP contribution in [0.3, 0.4) is 0 Å². The molecule has 0 bridgehead atoms. The lowest BCUT2D eigenvalue weighted by atomic mass is 10.0. The predicted molar refractivity (Wildman–Crippen MR) is 141 cm³/mol. The van der Waals surface area contributed by atoms with E-state index in [-0.39, 0.29) is 18.1 Å². The Morgan fingerprint density at radius 1 is 1.05 bits per heavy atom. The van der Waals surface area contributed by atoms with Crippen LogP contribution >= 0.6 is 0 Å². The van der Waals surface area contributed by atoms with Crippen LogP contribution in [-0.4, -0.2) is 30.7 Å². The van der Waals surface area contributed by atoms with Gasteiger partial charge in [0.2, 0.25) is 0 Å². The van der Waals surface area contributed by atoms with Crippen molar-refractivity contribution in [2.45, 2.75) is 33.4 Å². The highest BCUT2D eigenvalue weighted by molar-refractivity contribution is 5.97. The molecule has 0 spiro atoms. The number of halogens is 1. The van der Waals surface area contributed by atoms with Gasteiger partial charge < -0.3 is 14.8 Å². The van der Waals surface area contributed by atoms with Crippen molar-refractivity contribution in [2.75, 3.05) is 6.61 Å². The van der Waals surface area contributed by atoms with Crippen molar-refractivity contribution >= 4 is 18.0 Å². The molecular formula is C29H29FN4O4. The largest absolute Gasteiger partial charge is 0.490 e. The first-order valence-electron chi connectivity index (χ1n) is 12.1. The molecule has 0 fully saturated rings. The number of nitrogens with one attached hydrogen (secondary N) is 2. The monoisotopic (exact) mass is 516 g/mol. The first-order chi connectivity index (χ1) is 18.3. The standard InChI is InChI=1S/C29H29FN4O4/c1-4-37-26-15-20(9-14-25(26)38-18-23-8-6-5-7-22(23)16-31)17-32-34-29(36)27(19(2)3)33-28(35)21-10-12-24(30)13-11-21/h5-15,17,19,27H,4,18H2,1-3H3,(H,33,35)(H,34,36)/b32-17+. The molecule has 0 radical (unpaired) electrons. The Kier molecular flexibility index (Phi) is 9.94. The van der Waals surface area contributed by atoms with E-state index in [0.29, 0.717) is 29.2 Å². The number of nitrogens with zero attached hydrogens (tertiary/aromatic N) is 2. The summed E-state index contributed by atoms with van der Waals surface area (Å²) in [5, 5.41) is 16.0. The summed E-state index contributed by atoms with van der Waals surface area (Å²) < 4.78 is 24.7. The number of nitriles is 1. The van der Waals surface area contributed by atoms with E-state index in [2.05, 4.69) is 21.9 Å². The number of hydrogen-bond acceptors (Lipinski definition) is 6. The van der Waals surface area contributed by atoms with Crippen LogP contribution < -0.4 is 20.2 Å². The van der Waals surface area contributed by atoms with Crippen LogP contribution in [0.1, 0.15) is 47.8 Å². The van der Waals surface area contributed by atoms with Crippen molar-refractivity contribution in [1.29, 1.82) is 5.26 Å². The van der Waals surface area contributed by atoms with Gasteiger partial charge in [-0.25, -0.2) is 9.82 Å². The summed E-state index contributed by atoms with van der Waals surface area (Å²) >= 11 is 0. The second-order valence-electron chi connectivity index (χ2n) is 8.63. The van der Waals surface area contributed by atoms with Gasteiger partial charge >= 0.3 is 0 Å². The maximum Gasteiger partial charge on any atom is 0.262 e. The highest BCUT2D eigenvalue weighted by Gasteiger charge is 2.24. The summed E-state index contributed by atoms with van der Waals surface area (Å²) in [5.74, 6) is -0.662. The summed E-state index contributed by atoms with van der Waals surface area (Å²) in [6.07, 6.45) is 1.45. The minimum atomic E-state index is -0.851. The van der Waals surface area contributed by atoms with E-state index in [1.165, 1.54) is 30.5 Å². The molecule has 0 aliphatic rings. The Bertz CT molecular complexity index is 1330. The summed E-state index contributed by atoms with van der Waals surface area (Å²) in [6.45, 7) is 6.05. The van der Waals surface area contributed by atoms with Crippen LogP contribution in [0.2, 0.25) is 0 Å². The SMILES string of the molecule is CCOc1cc(/C=N/NC(=O)C(NC(=O)c2ccc(F)cc2)C(C)C)ccc1OCc1ccccc1C#N. The van der Waals surface area contributed by atoms with Crippen molar-refractivity contribution in [1.82, 2.24) is 10.7 Å². The predicted octanol–water partition coefficient (Wildman–Crippen LogP) is 4.58. The van der Waals surface area contributed by atoms with Crippen molar-refractivity contribution < 1.29 is 23.5 Å². The summed E-state index contributed by atoms with van der Waals surface area (Å²) in [6, 6.07) is 18.8. The number of carbonyl (C=O) groups is 2. The average molecular weight is 517 g/mol. The smallest absolute Gasteiger partial charge is 0.262 e. The first-order valence-corrected chi connectivity index (χ1v) is 12.1. The molecule has 0 aromatic heterocycles. The Morgan fingerprint density at radius 3 is 2.47 bits per heavy atom. The van der Waals surface area contributed by atoms with E-state index >= 15 is 0 Å². The van der Waals surface area contributed by atoms with Crippen LogP contribution in [0.25, 0.3) is 0 Å². The normalized spacial score (nSPS) is 11.6. The van der Waals surface area contributed by atoms with E-state index in [0.717, 1.165) is 5.56 Å². The van der Waals surface area contributed by atoms with Gasteiger partial charge in [-0.1, -0.05) is 32.0 Å². The van der Waals surface area contributed by atoms with Gasteiger partial charge in [0.15, 0.2) is 11.5 Å². The molecule has 1 unspecified atom stereocenters. The molecule has 1 atom stereocenters. The van der Waals surface area contributed by atoms with Crippen molar-refractivity contribution in [3.63, 3.8) is 0 Å². The average Bonchev–Trinajstić information content (AvgIpc) is 2.91. The fourth-order valence-corrected chi connectivity index (χ4v) is 3.50. The third-order valence-electron chi connectivity index (χ3n) is 5.52. The molecule has 3 rings (SSSR count). The highest BCUT2D eigenvalue weighted by Crippen LogP contribution is 2.29. The van der Waals surface area contributed by atoms with E-state index in [4.69, 9.17) is 9.47 Å². The second-order valence-corrected chi connectivity index (χ2v) is 8.63. The van der Waals surface area contributed by atoms with Crippen molar-refractivity contribution in [2.24, 2.45) is 11.0 Å². The lowest BCUT2D eigenvalue weighted by Gasteiger charge is -2.20. The fraction of sp³-hybridized carbons (Fsp3) is 0.241. The molecule has 2 N–H and O–H groups in total. The molecule has 0 heterocycles. The number of carbonyl (C=O) groups excluding carboxylic acids is 2. The molecule has 0 saturated carbocycles. The van der Waals surface area contributed by atoms with Gasteiger partial charge in [-0.3, -0.25) is 9.59 Å². The van der Waals surface area contributed by atoms with E-state index in [9.17, 15) is 19.2 Å². The molecule has 196 valence electrons. The molecule has 2 amide bonds. The van der Waals surface area contributed by atoms with Gasteiger partial charge in [-0.05, 0) is 66.9 Å². The van der Waals surface area contributed by atoms with Gasteiger partial charge in [-0.15, -0.1) is 0 Å². The van der Waals surface area contributed by atoms with Gasteiger partial charge in [0.1, 0.15) is 18.5 Å². The third kappa shape index (κ3) is 7.64. The molecule has 0 saturated heterocycles. The van der Waals surface area contributed by atoms with Gasteiger partial charge in [-0.2, -0.15) is 10.4 Å². The van der Waals surface area contributed by atoms with E-state index < -0.39 is 23.7 Å². The Labute approximate surface area is 221 Å². The van der Waals surface area contributed by atoms with Gasteiger partial charge in [0, 0.05) is 11.1 Å². The Morgan fingerprint density at radius 2 is 1.79 bits per heavy atom. The zero-order valence-electron chi connectivity index (χ0n) is 21.4. The topological polar surface area (TPSA) is 113 Å². The van der Waals surface area contributed by atoms with E-state index in [1.807, 2.05) is 19.1 Å². The van der Waals surface area contributed by atoms with Crippen molar-refractivity contribution in [3.8, 4) is 17.6 Å². The molecule has 0 aliphatic heterocycles. The van der Waals surface area contributed by atoms with Gasteiger partial charge in [0.05, 0.1) is 24.5 Å². The Hall–Kier alpha value is -4.71. The quantitative estimate of drug-likeness (QED) is 0.286. The van der Waals surface area contributed by atoms with E-state index in [1.54, 1.807) is 44.2 Å². The summed E-state index contributed by atoms with van der Waals surface area (Å²) in [7, 11) is 0. The van der Waals surface area contributed by atoms with Crippen LogP contribution in [0.5, 0.6) is 11.5 Å². The first kappa shape index (κ1) is 27.9. The number of ether oxygens (including phenoxy) is 2. The number of hydrazone groups is 1. The second kappa shape index (κ2) is 13.6. The van der Waals surface area contributed by atoms with Crippen LogP contribution in [0.4, 0.5) is 4.39 Å². The third-order valence-corrected chi connectivity index (χ3v) is 5.52. The fourth-order valence-electron chi connectivity index (χ4n) is 3.50.